The van der Waals surface area contributed by atoms with Gasteiger partial charge in [-0.1, -0.05) is 6.92 Å². The van der Waals surface area contributed by atoms with E-state index >= 15 is 0 Å². The molecule has 1 amide bonds. The molecule has 1 saturated heterocycles. The Balaban J connectivity index is 2.61. The molecular formula is C11H20N2O5S. The van der Waals surface area contributed by atoms with Crippen molar-refractivity contribution in [2.75, 3.05) is 18.8 Å². The SMILES string of the molecule is CCCS(=O)(=O)N1CCCC1C(=O)NCCC(=O)O. The molecule has 0 aromatic carbocycles. The fraction of sp³-hybridized carbons (Fsp3) is 0.818. The van der Waals surface area contributed by atoms with Gasteiger partial charge in [0.25, 0.3) is 0 Å². The average Bonchev–Trinajstić information content (AvgIpc) is 2.77. The van der Waals surface area contributed by atoms with Gasteiger partial charge >= 0.3 is 5.97 Å². The molecule has 2 N–H and O–H groups in total. The molecule has 0 saturated carbocycles. The molecule has 0 aromatic rings. The molecule has 0 spiro atoms. The van der Waals surface area contributed by atoms with Crippen LogP contribution in [0.4, 0.5) is 0 Å². The quantitative estimate of drug-likeness (QED) is 0.675. The van der Waals surface area contributed by atoms with Crippen molar-refractivity contribution in [2.24, 2.45) is 0 Å². The molecule has 1 unspecified atom stereocenters. The van der Waals surface area contributed by atoms with Crippen molar-refractivity contribution in [3.05, 3.63) is 0 Å². The molecule has 1 rings (SSSR count). The van der Waals surface area contributed by atoms with E-state index in [1.165, 1.54) is 4.31 Å². The lowest BCUT2D eigenvalue weighted by Crippen LogP contribution is -2.46. The predicted molar refractivity (Wildman–Crippen MR) is 69.1 cm³/mol. The number of nitrogens with zero attached hydrogens (tertiary/aromatic N) is 1. The standard InChI is InChI=1S/C11H20N2O5S/c1-2-8-19(17,18)13-7-3-4-9(13)11(16)12-6-5-10(14)15/h9H,2-8H2,1H3,(H,12,16)(H,14,15). The smallest absolute Gasteiger partial charge is 0.305 e. The number of carbonyl (C=O) groups excluding carboxylic acids is 1. The van der Waals surface area contributed by atoms with Crippen LogP contribution < -0.4 is 5.32 Å². The number of sulfonamides is 1. The number of hydrogen-bond acceptors (Lipinski definition) is 4. The van der Waals surface area contributed by atoms with Gasteiger partial charge < -0.3 is 10.4 Å². The van der Waals surface area contributed by atoms with Gasteiger partial charge in [0.05, 0.1) is 12.2 Å². The zero-order valence-corrected chi connectivity index (χ0v) is 11.8. The first-order valence-electron chi connectivity index (χ1n) is 6.37. The van der Waals surface area contributed by atoms with Crippen molar-refractivity contribution < 1.29 is 23.1 Å². The van der Waals surface area contributed by atoms with Gasteiger partial charge in [-0.15, -0.1) is 0 Å². The summed E-state index contributed by atoms with van der Waals surface area (Å²) in [4.78, 5) is 22.2. The number of rotatable bonds is 7. The molecule has 8 heteroatoms. The van der Waals surface area contributed by atoms with Crippen LogP contribution in [0, 0.1) is 0 Å². The van der Waals surface area contributed by atoms with Gasteiger partial charge in [-0.2, -0.15) is 4.31 Å². The number of nitrogens with one attached hydrogen (secondary N) is 1. The topological polar surface area (TPSA) is 104 Å². The third-order valence-electron chi connectivity index (χ3n) is 2.96. The summed E-state index contributed by atoms with van der Waals surface area (Å²) in [5, 5.41) is 11.0. The largest absolute Gasteiger partial charge is 0.481 e. The Labute approximate surface area is 113 Å². The van der Waals surface area contributed by atoms with E-state index in [1.807, 2.05) is 0 Å². The van der Waals surface area contributed by atoms with E-state index in [4.69, 9.17) is 5.11 Å². The molecule has 1 fully saturated rings. The van der Waals surface area contributed by atoms with Crippen LogP contribution in [0.1, 0.15) is 32.6 Å². The van der Waals surface area contributed by atoms with Gasteiger partial charge in [-0.3, -0.25) is 9.59 Å². The monoisotopic (exact) mass is 292 g/mol. The zero-order valence-electron chi connectivity index (χ0n) is 11.0. The Morgan fingerprint density at radius 3 is 2.68 bits per heavy atom. The van der Waals surface area contributed by atoms with Crippen molar-refractivity contribution in [1.82, 2.24) is 9.62 Å². The number of hydrogen-bond donors (Lipinski definition) is 2. The zero-order chi connectivity index (χ0) is 14.5. The van der Waals surface area contributed by atoms with Gasteiger partial charge in [0.15, 0.2) is 0 Å². The maximum Gasteiger partial charge on any atom is 0.305 e. The van der Waals surface area contributed by atoms with E-state index in [-0.39, 0.29) is 18.7 Å². The Morgan fingerprint density at radius 2 is 2.11 bits per heavy atom. The fourth-order valence-electron chi connectivity index (χ4n) is 2.12. The van der Waals surface area contributed by atoms with Crippen LogP contribution >= 0.6 is 0 Å². The molecule has 0 aromatic heterocycles. The summed E-state index contributed by atoms with van der Waals surface area (Å²) in [7, 11) is -3.39. The van der Waals surface area contributed by atoms with Crippen LogP contribution in [0.2, 0.25) is 0 Å². The van der Waals surface area contributed by atoms with Crippen LogP contribution in [0.5, 0.6) is 0 Å². The maximum atomic E-state index is 12.0. The minimum Gasteiger partial charge on any atom is -0.481 e. The summed E-state index contributed by atoms with van der Waals surface area (Å²) in [6.45, 7) is 2.15. The molecule has 1 atom stereocenters. The predicted octanol–water partition coefficient (Wildman–Crippen LogP) is -0.218. The third-order valence-corrected chi connectivity index (χ3v) is 5.04. The van der Waals surface area contributed by atoms with Gasteiger partial charge in [-0.25, -0.2) is 8.42 Å². The molecule has 7 nitrogen and oxygen atoms in total. The number of carboxylic acids is 1. The Kier molecular flexibility index (Phi) is 5.74. The molecular weight excluding hydrogens is 272 g/mol. The van der Waals surface area contributed by atoms with E-state index in [0.717, 1.165) is 0 Å². The summed E-state index contributed by atoms with van der Waals surface area (Å²) in [5.74, 6) is -1.37. The highest BCUT2D eigenvalue weighted by atomic mass is 32.2. The average molecular weight is 292 g/mol. The van der Waals surface area contributed by atoms with Crippen LogP contribution in [0.15, 0.2) is 0 Å². The van der Waals surface area contributed by atoms with Crippen molar-refractivity contribution in [3.63, 3.8) is 0 Å². The molecule has 1 aliphatic rings. The lowest BCUT2D eigenvalue weighted by molar-refractivity contribution is -0.137. The first-order valence-corrected chi connectivity index (χ1v) is 7.98. The van der Waals surface area contributed by atoms with Crippen LogP contribution in [0.25, 0.3) is 0 Å². The van der Waals surface area contributed by atoms with E-state index in [2.05, 4.69) is 5.32 Å². The molecule has 110 valence electrons. The second-order valence-corrected chi connectivity index (χ2v) is 6.56. The Morgan fingerprint density at radius 1 is 1.42 bits per heavy atom. The van der Waals surface area contributed by atoms with Gasteiger partial charge in [0.1, 0.15) is 6.04 Å². The highest BCUT2D eigenvalue weighted by Crippen LogP contribution is 2.21. The van der Waals surface area contributed by atoms with Crippen LogP contribution in [-0.2, 0) is 19.6 Å². The molecule has 0 radical (unpaired) electrons. The number of carbonyl (C=O) groups is 2. The first kappa shape index (κ1) is 15.9. The molecule has 1 heterocycles. The van der Waals surface area contributed by atoms with Crippen molar-refractivity contribution >= 4 is 21.9 Å². The van der Waals surface area contributed by atoms with Crippen molar-refractivity contribution in [1.29, 1.82) is 0 Å². The van der Waals surface area contributed by atoms with Crippen molar-refractivity contribution in [2.45, 2.75) is 38.6 Å². The second kappa shape index (κ2) is 6.85. The summed E-state index contributed by atoms with van der Waals surface area (Å²) < 4.78 is 25.2. The number of aliphatic carboxylic acids is 1. The lowest BCUT2D eigenvalue weighted by Gasteiger charge is -2.23. The minimum absolute atomic E-state index is 0.0202. The highest BCUT2D eigenvalue weighted by Gasteiger charge is 2.37. The van der Waals surface area contributed by atoms with Crippen molar-refractivity contribution in [3.8, 4) is 0 Å². The fourth-order valence-corrected chi connectivity index (χ4v) is 3.87. The Hall–Kier alpha value is -1.15. The summed E-state index contributed by atoms with van der Waals surface area (Å²) >= 11 is 0. The molecule has 0 aliphatic carbocycles. The summed E-state index contributed by atoms with van der Waals surface area (Å²) in [6.07, 6.45) is 1.48. The molecule has 1 aliphatic heterocycles. The van der Waals surface area contributed by atoms with Gasteiger partial charge in [0, 0.05) is 13.1 Å². The van der Waals surface area contributed by atoms with E-state index in [9.17, 15) is 18.0 Å². The minimum atomic E-state index is -3.39. The van der Waals surface area contributed by atoms with Crippen LogP contribution in [0.3, 0.4) is 0 Å². The highest BCUT2D eigenvalue weighted by molar-refractivity contribution is 7.89. The van der Waals surface area contributed by atoms with Crippen LogP contribution in [-0.4, -0.2) is 54.6 Å². The second-order valence-electron chi connectivity index (χ2n) is 4.52. The number of carboxylic acid groups (broad SMARTS) is 1. The normalized spacial score (nSPS) is 20.4. The Bertz CT molecular complexity index is 434. The summed E-state index contributed by atoms with van der Waals surface area (Å²) in [6, 6.07) is -0.689. The van der Waals surface area contributed by atoms with E-state index < -0.39 is 27.9 Å². The van der Waals surface area contributed by atoms with E-state index in [0.29, 0.717) is 25.8 Å². The third kappa shape index (κ3) is 4.46. The number of amides is 1. The lowest BCUT2D eigenvalue weighted by atomic mass is 10.2. The maximum absolute atomic E-state index is 12.0. The van der Waals surface area contributed by atoms with Gasteiger partial charge in [0.2, 0.25) is 15.9 Å². The van der Waals surface area contributed by atoms with Gasteiger partial charge in [-0.05, 0) is 19.3 Å². The molecule has 0 bridgehead atoms. The molecule has 19 heavy (non-hydrogen) atoms. The first-order chi connectivity index (χ1) is 8.88. The van der Waals surface area contributed by atoms with E-state index in [1.54, 1.807) is 6.92 Å². The summed E-state index contributed by atoms with van der Waals surface area (Å²) in [5.41, 5.74) is 0.